The van der Waals surface area contributed by atoms with Gasteiger partial charge in [0.05, 0.1) is 17.3 Å². The lowest BCUT2D eigenvalue weighted by molar-refractivity contribution is 0.378. The third-order valence-corrected chi connectivity index (χ3v) is 5.25. The second-order valence-corrected chi connectivity index (χ2v) is 8.61. The van der Waals surface area contributed by atoms with E-state index in [0.29, 0.717) is 0 Å². The van der Waals surface area contributed by atoms with Crippen molar-refractivity contribution in [3.8, 4) is 0 Å². The lowest BCUT2D eigenvalue weighted by Crippen LogP contribution is -2.45. The average molecular weight is 255 g/mol. The van der Waals surface area contributed by atoms with Crippen LogP contribution in [0.25, 0.3) is 0 Å². The molecule has 1 heterocycles. The topological polar surface area (TPSA) is 80.3 Å². The Balaban J connectivity index is 2.29. The number of sulfone groups is 2. The molecule has 0 atom stereocenters. The Morgan fingerprint density at radius 1 is 1.13 bits per heavy atom. The van der Waals surface area contributed by atoms with Crippen molar-refractivity contribution in [1.29, 1.82) is 0 Å². The molecule has 0 amide bonds. The van der Waals surface area contributed by atoms with Crippen LogP contribution >= 0.6 is 0 Å². The third kappa shape index (κ3) is 5.48. The van der Waals surface area contributed by atoms with Gasteiger partial charge in [0.2, 0.25) is 0 Å². The van der Waals surface area contributed by atoms with Crippen molar-refractivity contribution in [3.05, 3.63) is 0 Å². The van der Waals surface area contributed by atoms with E-state index in [4.69, 9.17) is 0 Å². The van der Waals surface area contributed by atoms with Crippen molar-refractivity contribution in [1.82, 2.24) is 5.32 Å². The zero-order chi connectivity index (χ0) is 11.5. The van der Waals surface area contributed by atoms with Crippen LogP contribution in [0.3, 0.4) is 0 Å². The van der Waals surface area contributed by atoms with Gasteiger partial charge in [0.15, 0.2) is 9.84 Å². The Hall–Kier alpha value is -0.140. The second kappa shape index (κ2) is 4.80. The highest BCUT2D eigenvalue weighted by Crippen LogP contribution is 2.08. The fraction of sp³-hybridized carbons (Fsp3) is 1.00. The van der Waals surface area contributed by atoms with E-state index in [0.717, 1.165) is 19.3 Å². The normalized spacial score (nSPS) is 18.7. The van der Waals surface area contributed by atoms with Gasteiger partial charge in [-0.2, -0.15) is 0 Å². The molecule has 1 aliphatic heterocycles. The Labute approximate surface area is 91.1 Å². The molecule has 5 nitrogen and oxygen atoms in total. The van der Waals surface area contributed by atoms with Gasteiger partial charge in [0.25, 0.3) is 0 Å². The Morgan fingerprint density at radius 3 is 2.13 bits per heavy atom. The predicted molar refractivity (Wildman–Crippen MR) is 59.3 cm³/mol. The monoisotopic (exact) mass is 255 g/mol. The van der Waals surface area contributed by atoms with Crippen LogP contribution in [-0.2, 0) is 19.7 Å². The summed E-state index contributed by atoms with van der Waals surface area (Å²) in [7, 11) is -6.11. The highest BCUT2D eigenvalue weighted by atomic mass is 32.2. The number of rotatable bonds is 6. The van der Waals surface area contributed by atoms with E-state index in [1.165, 1.54) is 0 Å². The number of hydrogen-bond donors (Lipinski definition) is 1. The quantitative estimate of drug-likeness (QED) is 0.662. The van der Waals surface area contributed by atoms with E-state index in [9.17, 15) is 16.8 Å². The Bertz CT molecular complexity index is 394. The van der Waals surface area contributed by atoms with E-state index in [-0.39, 0.29) is 29.6 Å². The molecule has 0 unspecified atom stereocenters. The molecule has 0 aromatic heterocycles. The largest absolute Gasteiger partial charge is 0.316 e. The summed E-state index contributed by atoms with van der Waals surface area (Å²) in [5.74, 6) is 0.336. The Morgan fingerprint density at radius 2 is 1.73 bits per heavy atom. The van der Waals surface area contributed by atoms with Crippen LogP contribution < -0.4 is 5.32 Å². The maximum absolute atomic E-state index is 11.5. The van der Waals surface area contributed by atoms with Gasteiger partial charge >= 0.3 is 0 Å². The van der Waals surface area contributed by atoms with Gasteiger partial charge in [0.1, 0.15) is 9.84 Å². The van der Waals surface area contributed by atoms with E-state index in [1.54, 1.807) is 0 Å². The van der Waals surface area contributed by atoms with Gasteiger partial charge < -0.3 is 5.32 Å². The van der Waals surface area contributed by atoms with Crippen molar-refractivity contribution < 1.29 is 16.8 Å². The molecule has 0 aliphatic carbocycles. The van der Waals surface area contributed by atoms with Crippen LogP contribution in [0.2, 0.25) is 0 Å². The molecule has 1 rings (SSSR count). The second-order valence-electron chi connectivity index (χ2n) is 4.12. The van der Waals surface area contributed by atoms with Crippen molar-refractivity contribution in [3.63, 3.8) is 0 Å². The number of hydrogen-bond acceptors (Lipinski definition) is 5. The van der Waals surface area contributed by atoms with Crippen molar-refractivity contribution in [2.24, 2.45) is 5.92 Å². The van der Waals surface area contributed by atoms with Gasteiger partial charge in [-0.3, -0.25) is 0 Å². The molecule has 1 aliphatic rings. The standard InChI is InChI=1S/C8H17NO4S2/c1-14(10,11)3-2-4-15(12,13)7-8-5-9-6-8/h8-9H,2-7H2,1H3. The smallest absolute Gasteiger partial charge is 0.150 e. The Kier molecular flexibility index (Phi) is 4.13. The van der Waals surface area contributed by atoms with Crippen LogP contribution in [0.5, 0.6) is 0 Å². The molecule has 0 bridgehead atoms. The zero-order valence-corrected chi connectivity index (χ0v) is 10.4. The van der Waals surface area contributed by atoms with E-state index in [1.807, 2.05) is 0 Å². The van der Waals surface area contributed by atoms with E-state index < -0.39 is 19.7 Å². The highest BCUT2D eigenvalue weighted by Gasteiger charge is 2.24. The SMILES string of the molecule is CS(=O)(=O)CCCS(=O)(=O)CC1CNC1. The maximum Gasteiger partial charge on any atom is 0.150 e. The minimum absolute atomic E-state index is 0.0173. The molecular weight excluding hydrogens is 238 g/mol. The zero-order valence-electron chi connectivity index (χ0n) is 8.77. The summed E-state index contributed by atoms with van der Waals surface area (Å²) in [6, 6.07) is 0. The molecule has 15 heavy (non-hydrogen) atoms. The summed E-state index contributed by atoms with van der Waals surface area (Å²) >= 11 is 0. The first-order chi connectivity index (χ1) is 6.79. The molecule has 0 saturated carbocycles. The minimum Gasteiger partial charge on any atom is -0.316 e. The molecule has 7 heteroatoms. The van der Waals surface area contributed by atoms with Gasteiger partial charge in [-0.1, -0.05) is 0 Å². The van der Waals surface area contributed by atoms with Crippen LogP contribution in [0.1, 0.15) is 6.42 Å². The highest BCUT2D eigenvalue weighted by molar-refractivity contribution is 7.92. The maximum atomic E-state index is 11.5. The van der Waals surface area contributed by atoms with Crippen LogP contribution in [0, 0.1) is 5.92 Å². The summed E-state index contributed by atoms with van der Waals surface area (Å²) < 4.78 is 44.6. The van der Waals surface area contributed by atoms with E-state index in [2.05, 4.69) is 5.32 Å². The van der Waals surface area contributed by atoms with Gasteiger partial charge in [-0.25, -0.2) is 16.8 Å². The molecular formula is C8H17NO4S2. The molecule has 1 N–H and O–H groups in total. The summed E-state index contributed by atoms with van der Waals surface area (Å²) in [6.45, 7) is 1.51. The summed E-state index contributed by atoms with van der Waals surface area (Å²) in [6.07, 6.45) is 1.33. The molecule has 0 radical (unpaired) electrons. The first kappa shape index (κ1) is 12.9. The van der Waals surface area contributed by atoms with Crippen LogP contribution in [0.15, 0.2) is 0 Å². The molecule has 0 aromatic carbocycles. The third-order valence-electron chi connectivity index (χ3n) is 2.33. The first-order valence-electron chi connectivity index (χ1n) is 4.87. The van der Waals surface area contributed by atoms with E-state index >= 15 is 0 Å². The van der Waals surface area contributed by atoms with Gasteiger partial charge in [-0.05, 0) is 12.3 Å². The number of nitrogens with one attached hydrogen (secondary N) is 1. The minimum atomic E-state index is -3.07. The summed E-state index contributed by atoms with van der Waals surface area (Å²) in [5.41, 5.74) is 0. The molecule has 0 spiro atoms. The summed E-state index contributed by atoms with van der Waals surface area (Å²) in [4.78, 5) is 0. The van der Waals surface area contributed by atoms with Crippen molar-refractivity contribution >= 4 is 19.7 Å². The summed E-state index contributed by atoms with van der Waals surface area (Å²) in [5, 5.41) is 3.00. The van der Waals surface area contributed by atoms with Crippen LogP contribution in [-0.4, -0.2) is 53.4 Å². The van der Waals surface area contributed by atoms with Gasteiger partial charge in [0, 0.05) is 19.3 Å². The average Bonchev–Trinajstić information content (AvgIpc) is 1.94. The van der Waals surface area contributed by atoms with Crippen molar-refractivity contribution in [2.45, 2.75) is 6.42 Å². The lowest BCUT2D eigenvalue weighted by atomic mass is 10.1. The predicted octanol–water partition coefficient (Wildman–Crippen LogP) is -0.945. The first-order valence-corrected chi connectivity index (χ1v) is 8.75. The molecule has 1 saturated heterocycles. The fourth-order valence-electron chi connectivity index (χ4n) is 1.45. The van der Waals surface area contributed by atoms with Gasteiger partial charge in [-0.15, -0.1) is 0 Å². The lowest BCUT2D eigenvalue weighted by Gasteiger charge is -2.26. The van der Waals surface area contributed by atoms with Crippen LogP contribution in [0.4, 0.5) is 0 Å². The molecule has 90 valence electrons. The molecule has 0 aromatic rings. The molecule has 1 fully saturated rings. The fourth-order valence-corrected chi connectivity index (χ4v) is 4.01. The van der Waals surface area contributed by atoms with Crippen molar-refractivity contribution in [2.75, 3.05) is 36.6 Å².